The highest BCUT2D eigenvalue weighted by Gasteiger charge is 2.31. The predicted octanol–water partition coefficient (Wildman–Crippen LogP) is 2.20. The Hall–Kier alpha value is -1.79. The van der Waals surface area contributed by atoms with Gasteiger partial charge in [0.25, 0.3) is 0 Å². The molecule has 2 rings (SSSR count). The van der Waals surface area contributed by atoms with Crippen LogP contribution in [0.1, 0.15) is 25.8 Å². The third kappa shape index (κ3) is 5.11. The Bertz CT molecular complexity index is 581. The molecule has 0 aliphatic carbocycles. The molecule has 2 unspecified atom stereocenters. The summed E-state index contributed by atoms with van der Waals surface area (Å²) in [6.07, 6.45) is 1.40. The molecule has 0 aromatic heterocycles. The van der Waals surface area contributed by atoms with E-state index in [1.807, 2.05) is 23.1 Å². The molecule has 2 atom stereocenters. The smallest absolute Gasteiger partial charge is 0.227 e. The Morgan fingerprint density at radius 2 is 1.73 bits per heavy atom. The van der Waals surface area contributed by atoms with Crippen molar-refractivity contribution in [1.29, 1.82) is 0 Å². The molecule has 1 saturated heterocycles. The first-order valence-corrected chi connectivity index (χ1v) is 9.23. The Labute approximate surface area is 157 Å². The maximum Gasteiger partial charge on any atom is 0.227 e. The van der Waals surface area contributed by atoms with Crippen molar-refractivity contribution >= 4 is 5.91 Å². The van der Waals surface area contributed by atoms with Crippen molar-refractivity contribution in [3.63, 3.8) is 0 Å². The number of rotatable bonds is 8. The molecule has 0 bridgehead atoms. The predicted molar refractivity (Wildman–Crippen MR) is 102 cm³/mol. The van der Waals surface area contributed by atoms with Gasteiger partial charge in [-0.1, -0.05) is 6.07 Å². The lowest BCUT2D eigenvalue weighted by Crippen LogP contribution is -2.58. The van der Waals surface area contributed by atoms with Gasteiger partial charge in [0.1, 0.15) is 0 Å². The van der Waals surface area contributed by atoms with Gasteiger partial charge in [0.05, 0.1) is 20.6 Å². The van der Waals surface area contributed by atoms with Gasteiger partial charge in [0.2, 0.25) is 5.91 Å². The van der Waals surface area contributed by atoms with Gasteiger partial charge < -0.3 is 19.1 Å². The second-order valence-electron chi connectivity index (χ2n) is 6.95. The molecule has 1 aliphatic rings. The van der Waals surface area contributed by atoms with Crippen LogP contribution in [0.2, 0.25) is 0 Å². The van der Waals surface area contributed by atoms with E-state index in [-0.39, 0.29) is 5.91 Å². The minimum absolute atomic E-state index is 0.160. The second-order valence-corrected chi connectivity index (χ2v) is 6.95. The Kier molecular flexibility index (Phi) is 7.72. The number of hydrogen-bond donors (Lipinski definition) is 0. The van der Waals surface area contributed by atoms with Crippen LogP contribution < -0.4 is 9.47 Å². The average molecular weight is 364 g/mol. The fourth-order valence-electron chi connectivity index (χ4n) is 3.67. The topological polar surface area (TPSA) is 51.2 Å². The third-order valence-corrected chi connectivity index (χ3v) is 5.02. The molecule has 0 saturated carbocycles. The zero-order chi connectivity index (χ0) is 19.1. The summed E-state index contributed by atoms with van der Waals surface area (Å²) in [5.74, 6) is 1.49. The lowest BCUT2D eigenvalue weighted by atomic mass is 10.1. The maximum absolute atomic E-state index is 12.8. The van der Waals surface area contributed by atoms with Gasteiger partial charge in [-0.2, -0.15) is 0 Å². The zero-order valence-electron chi connectivity index (χ0n) is 16.7. The zero-order valence-corrected chi connectivity index (χ0v) is 16.7. The number of amides is 1. The molecule has 6 heteroatoms. The number of methoxy groups -OCH3 is 3. The van der Waals surface area contributed by atoms with E-state index in [1.54, 1.807) is 21.3 Å². The number of carbonyl (C=O) groups is 1. The lowest BCUT2D eigenvalue weighted by molar-refractivity contribution is -0.134. The van der Waals surface area contributed by atoms with E-state index in [9.17, 15) is 4.79 Å². The minimum Gasteiger partial charge on any atom is -0.493 e. The van der Waals surface area contributed by atoms with Gasteiger partial charge in [0.15, 0.2) is 11.5 Å². The van der Waals surface area contributed by atoms with Crippen LogP contribution in [0.3, 0.4) is 0 Å². The molecule has 146 valence electrons. The molecule has 6 nitrogen and oxygen atoms in total. The first-order chi connectivity index (χ1) is 12.5. The van der Waals surface area contributed by atoms with Crippen molar-refractivity contribution in [2.45, 2.75) is 38.8 Å². The number of ether oxygens (including phenoxy) is 3. The monoisotopic (exact) mass is 364 g/mol. The number of hydrogen-bond acceptors (Lipinski definition) is 5. The summed E-state index contributed by atoms with van der Waals surface area (Å²) in [5.41, 5.74) is 0.940. The van der Waals surface area contributed by atoms with E-state index in [1.165, 1.54) is 0 Å². The first kappa shape index (κ1) is 20.5. The number of benzene rings is 1. The van der Waals surface area contributed by atoms with Crippen LogP contribution in [0.4, 0.5) is 0 Å². The molecule has 0 N–H and O–H groups in total. The van der Waals surface area contributed by atoms with Crippen molar-refractivity contribution in [1.82, 2.24) is 9.80 Å². The third-order valence-electron chi connectivity index (χ3n) is 5.02. The van der Waals surface area contributed by atoms with Crippen LogP contribution in [0.5, 0.6) is 11.5 Å². The summed E-state index contributed by atoms with van der Waals surface area (Å²) in [7, 11) is 4.95. The summed E-state index contributed by atoms with van der Waals surface area (Å²) in [4.78, 5) is 17.3. The second kappa shape index (κ2) is 9.78. The molecular formula is C20H32N2O4. The van der Waals surface area contributed by atoms with E-state index < -0.39 is 0 Å². The highest BCUT2D eigenvalue weighted by molar-refractivity contribution is 5.79. The molecule has 1 heterocycles. The summed E-state index contributed by atoms with van der Waals surface area (Å²) in [6.45, 7) is 7.71. The molecule has 1 amide bonds. The summed E-state index contributed by atoms with van der Waals surface area (Å²) in [6, 6.07) is 6.35. The van der Waals surface area contributed by atoms with Crippen molar-refractivity contribution in [3.8, 4) is 11.5 Å². The Morgan fingerprint density at radius 3 is 2.31 bits per heavy atom. The van der Waals surface area contributed by atoms with E-state index >= 15 is 0 Å². The van der Waals surface area contributed by atoms with E-state index in [2.05, 4.69) is 18.7 Å². The SMILES string of the molecule is COCCCN1C(C)CN(C(=O)Cc2ccc(OC)c(OC)c2)CC1C. The number of nitrogens with zero attached hydrogens (tertiary/aromatic N) is 2. The van der Waals surface area contributed by atoms with Gasteiger partial charge in [-0.25, -0.2) is 0 Å². The normalized spacial score (nSPS) is 20.9. The Morgan fingerprint density at radius 1 is 1.08 bits per heavy atom. The van der Waals surface area contributed by atoms with Gasteiger partial charge in [-0.3, -0.25) is 9.69 Å². The molecule has 1 fully saturated rings. The van der Waals surface area contributed by atoms with Crippen molar-refractivity contribution in [2.75, 3.05) is 47.6 Å². The van der Waals surface area contributed by atoms with Gasteiger partial charge in [0, 0.05) is 45.4 Å². The number of piperazine rings is 1. The van der Waals surface area contributed by atoms with E-state index in [0.717, 1.165) is 38.2 Å². The quantitative estimate of drug-likeness (QED) is 0.662. The summed E-state index contributed by atoms with van der Waals surface area (Å²) < 4.78 is 15.7. The summed E-state index contributed by atoms with van der Waals surface area (Å²) >= 11 is 0. The average Bonchev–Trinajstić information content (AvgIpc) is 2.63. The van der Waals surface area contributed by atoms with Crippen molar-refractivity contribution < 1.29 is 19.0 Å². The molecule has 1 aromatic rings. The molecule has 1 aromatic carbocycles. The van der Waals surface area contributed by atoms with Crippen LogP contribution in [0.25, 0.3) is 0 Å². The molecule has 0 radical (unpaired) electrons. The van der Waals surface area contributed by atoms with Crippen molar-refractivity contribution in [2.24, 2.45) is 0 Å². The molecule has 26 heavy (non-hydrogen) atoms. The van der Waals surface area contributed by atoms with E-state index in [4.69, 9.17) is 14.2 Å². The first-order valence-electron chi connectivity index (χ1n) is 9.23. The molecule has 1 aliphatic heterocycles. The fourth-order valence-corrected chi connectivity index (χ4v) is 3.67. The van der Waals surface area contributed by atoms with Crippen molar-refractivity contribution in [3.05, 3.63) is 23.8 Å². The highest BCUT2D eigenvalue weighted by Crippen LogP contribution is 2.28. The summed E-state index contributed by atoms with van der Waals surface area (Å²) in [5, 5.41) is 0. The number of carbonyl (C=O) groups excluding carboxylic acids is 1. The van der Waals surface area contributed by atoms with Crippen LogP contribution >= 0.6 is 0 Å². The van der Waals surface area contributed by atoms with Crippen LogP contribution in [-0.4, -0.2) is 75.4 Å². The minimum atomic E-state index is 0.160. The maximum atomic E-state index is 12.8. The molecule has 0 spiro atoms. The fraction of sp³-hybridized carbons (Fsp3) is 0.650. The Balaban J connectivity index is 1.96. The van der Waals surface area contributed by atoms with Crippen LogP contribution in [-0.2, 0) is 16.0 Å². The largest absolute Gasteiger partial charge is 0.493 e. The van der Waals surface area contributed by atoms with E-state index in [0.29, 0.717) is 30.0 Å². The van der Waals surface area contributed by atoms with Gasteiger partial charge in [-0.15, -0.1) is 0 Å². The van der Waals surface area contributed by atoms with Gasteiger partial charge in [-0.05, 0) is 38.0 Å². The van der Waals surface area contributed by atoms with Crippen LogP contribution in [0.15, 0.2) is 18.2 Å². The van der Waals surface area contributed by atoms with Crippen LogP contribution in [0, 0.1) is 0 Å². The highest BCUT2D eigenvalue weighted by atomic mass is 16.5. The standard InChI is InChI=1S/C20H32N2O4/c1-15-13-21(14-16(2)22(15)9-6-10-24-3)20(23)12-17-7-8-18(25-4)19(11-17)26-5/h7-8,11,15-16H,6,9-10,12-14H2,1-5H3. The van der Waals surface area contributed by atoms with Gasteiger partial charge >= 0.3 is 0 Å². The lowest BCUT2D eigenvalue weighted by Gasteiger charge is -2.44. The molecular weight excluding hydrogens is 332 g/mol.